The Hall–Kier alpha value is -1.99. The van der Waals surface area contributed by atoms with Crippen LogP contribution in [0.5, 0.6) is 0 Å². The second kappa shape index (κ2) is 12.0. The van der Waals surface area contributed by atoms with Crippen molar-refractivity contribution in [3.63, 3.8) is 0 Å². The van der Waals surface area contributed by atoms with Gasteiger partial charge in [-0.2, -0.15) is 0 Å². The van der Waals surface area contributed by atoms with E-state index in [1.807, 2.05) is 49.8 Å². The second-order valence-electron chi connectivity index (χ2n) is 7.62. The summed E-state index contributed by atoms with van der Waals surface area (Å²) in [7, 11) is 4.05. The summed E-state index contributed by atoms with van der Waals surface area (Å²) in [4.78, 5) is 25.8. The first-order chi connectivity index (χ1) is 14.4. The Kier molecular flexibility index (Phi) is 9.72. The van der Waals surface area contributed by atoms with Crippen LogP contribution in [0.3, 0.4) is 0 Å². The number of amides is 1. The van der Waals surface area contributed by atoms with Gasteiger partial charge >= 0.3 is 0 Å². The molecule has 0 unspecified atom stereocenters. The second-order valence-corrected chi connectivity index (χ2v) is 8.03. The standard InChI is InChI=1S/C22H37ClN6O/c1-6-24-22(27(5)17-21(30)28(7-2)8-3)25-16-18-19(23)10-9-11-20(18)29-14-12-26(4)13-15-29/h9-11H,6-8,12-17H2,1-5H3,(H,24,25). The number of rotatable bonds is 8. The van der Waals surface area contributed by atoms with E-state index in [1.54, 1.807) is 0 Å². The maximum atomic E-state index is 12.5. The van der Waals surface area contributed by atoms with Gasteiger partial charge in [-0.15, -0.1) is 0 Å². The molecule has 1 amide bonds. The van der Waals surface area contributed by atoms with Crippen LogP contribution < -0.4 is 10.2 Å². The predicted molar refractivity (Wildman–Crippen MR) is 127 cm³/mol. The lowest BCUT2D eigenvalue weighted by molar-refractivity contribution is -0.131. The summed E-state index contributed by atoms with van der Waals surface area (Å²) in [6.07, 6.45) is 0. The molecule has 1 aromatic carbocycles. The van der Waals surface area contributed by atoms with Crippen LogP contribution in [0.15, 0.2) is 23.2 Å². The molecule has 0 saturated carbocycles. The minimum absolute atomic E-state index is 0.101. The number of halogens is 1. The Morgan fingerprint density at radius 1 is 1.17 bits per heavy atom. The summed E-state index contributed by atoms with van der Waals surface area (Å²) in [6.45, 7) is 13.0. The molecule has 0 aromatic heterocycles. The molecule has 0 atom stereocenters. The number of nitrogens with zero attached hydrogens (tertiary/aromatic N) is 5. The van der Waals surface area contributed by atoms with Crippen LogP contribution in [0.1, 0.15) is 26.3 Å². The third kappa shape index (κ3) is 6.51. The summed E-state index contributed by atoms with van der Waals surface area (Å²) in [5.74, 6) is 0.811. The molecule has 1 aromatic rings. The van der Waals surface area contributed by atoms with Gasteiger partial charge in [0.15, 0.2) is 5.96 Å². The number of hydrogen-bond acceptors (Lipinski definition) is 4. The highest BCUT2D eigenvalue weighted by Crippen LogP contribution is 2.29. The Morgan fingerprint density at radius 3 is 2.43 bits per heavy atom. The molecular weight excluding hydrogens is 400 g/mol. The Labute approximate surface area is 186 Å². The summed E-state index contributed by atoms with van der Waals surface area (Å²) in [5.41, 5.74) is 2.18. The topological polar surface area (TPSA) is 54.4 Å². The van der Waals surface area contributed by atoms with Crippen molar-refractivity contribution in [3.8, 4) is 0 Å². The van der Waals surface area contributed by atoms with Crippen LogP contribution in [0, 0.1) is 0 Å². The lowest BCUT2D eigenvalue weighted by Crippen LogP contribution is -2.45. The molecular formula is C22H37ClN6O. The third-order valence-electron chi connectivity index (χ3n) is 5.51. The monoisotopic (exact) mass is 436 g/mol. The molecule has 8 heteroatoms. The van der Waals surface area contributed by atoms with Crippen molar-refractivity contribution in [2.24, 2.45) is 4.99 Å². The van der Waals surface area contributed by atoms with Gasteiger partial charge in [0, 0.05) is 69.1 Å². The number of carbonyl (C=O) groups is 1. The van der Waals surface area contributed by atoms with Gasteiger partial charge in [-0.3, -0.25) is 4.79 Å². The van der Waals surface area contributed by atoms with Gasteiger partial charge in [0.1, 0.15) is 0 Å². The fraction of sp³-hybridized carbons (Fsp3) is 0.636. The minimum atomic E-state index is 0.101. The van der Waals surface area contributed by atoms with E-state index >= 15 is 0 Å². The fourth-order valence-electron chi connectivity index (χ4n) is 3.63. The number of aliphatic imine (C=N–C) groups is 1. The lowest BCUT2D eigenvalue weighted by atomic mass is 10.1. The van der Waals surface area contributed by atoms with E-state index in [0.717, 1.165) is 49.0 Å². The zero-order valence-corrected chi connectivity index (χ0v) is 19.9. The number of benzene rings is 1. The summed E-state index contributed by atoms with van der Waals surface area (Å²) in [6, 6.07) is 6.05. The van der Waals surface area contributed by atoms with Gasteiger partial charge in [-0.05, 0) is 40.0 Å². The lowest BCUT2D eigenvalue weighted by Gasteiger charge is -2.35. The molecule has 1 heterocycles. The maximum absolute atomic E-state index is 12.5. The Balaban J connectivity index is 2.18. The summed E-state index contributed by atoms with van der Waals surface area (Å²) in [5, 5.41) is 4.03. The molecule has 30 heavy (non-hydrogen) atoms. The molecule has 1 aliphatic rings. The first-order valence-electron chi connectivity index (χ1n) is 10.9. The number of likely N-dealkylation sites (N-methyl/N-ethyl adjacent to an activating group) is 3. The van der Waals surface area contributed by atoms with Crippen molar-refractivity contribution in [3.05, 3.63) is 28.8 Å². The molecule has 7 nitrogen and oxygen atoms in total. The van der Waals surface area contributed by atoms with Crippen LogP contribution in [-0.2, 0) is 11.3 Å². The zero-order valence-electron chi connectivity index (χ0n) is 19.1. The van der Waals surface area contributed by atoms with Crippen molar-refractivity contribution in [2.75, 3.05) is 71.4 Å². The van der Waals surface area contributed by atoms with Crippen molar-refractivity contribution in [1.29, 1.82) is 0 Å². The number of guanidine groups is 1. The summed E-state index contributed by atoms with van der Waals surface area (Å²) < 4.78 is 0. The molecule has 0 aliphatic carbocycles. The molecule has 168 valence electrons. The first-order valence-corrected chi connectivity index (χ1v) is 11.3. The molecule has 0 radical (unpaired) electrons. The maximum Gasteiger partial charge on any atom is 0.242 e. The van der Waals surface area contributed by atoms with E-state index < -0.39 is 0 Å². The largest absolute Gasteiger partial charge is 0.369 e. The quantitative estimate of drug-likeness (QED) is 0.500. The summed E-state index contributed by atoms with van der Waals surface area (Å²) >= 11 is 6.58. The smallest absolute Gasteiger partial charge is 0.242 e. The number of carbonyl (C=O) groups excluding carboxylic acids is 1. The van der Waals surface area contributed by atoms with Crippen LogP contribution in [0.4, 0.5) is 5.69 Å². The number of hydrogen-bond donors (Lipinski definition) is 1. The zero-order chi connectivity index (χ0) is 22.1. The highest BCUT2D eigenvalue weighted by Gasteiger charge is 2.19. The normalized spacial score (nSPS) is 15.3. The average Bonchev–Trinajstić information content (AvgIpc) is 2.73. The Morgan fingerprint density at radius 2 is 1.83 bits per heavy atom. The molecule has 2 rings (SSSR count). The van der Waals surface area contributed by atoms with Crippen molar-refractivity contribution < 1.29 is 4.79 Å². The van der Waals surface area contributed by atoms with Gasteiger partial charge in [0.05, 0.1) is 13.1 Å². The van der Waals surface area contributed by atoms with Crippen LogP contribution in [0.25, 0.3) is 0 Å². The van der Waals surface area contributed by atoms with Gasteiger partial charge in [-0.25, -0.2) is 4.99 Å². The van der Waals surface area contributed by atoms with Gasteiger partial charge < -0.3 is 24.9 Å². The average molecular weight is 437 g/mol. The van der Waals surface area contributed by atoms with E-state index in [-0.39, 0.29) is 5.91 Å². The highest BCUT2D eigenvalue weighted by molar-refractivity contribution is 6.31. The molecule has 1 N–H and O–H groups in total. The molecule has 1 aliphatic heterocycles. The van der Waals surface area contributed by atoms with Crippen molar-refractivity contribution in [2.45, 2.75) is 27.3 Å². The fourth-order valence-corrected chi connectivity index (χ4v) is 3.85. The van der Waals surface area contributed by atoms with E-state index in [2.05, 4.69) is 28.2 Å². The molecule has 0 spiro atoms. The third-order valence-corrected chi connectivity index (χ3v) is 5.86. The van der Waals surface area contributed by atoms with Crippen LogP contribution in [0.2, 0.25) is 5.02 Å². The van der Waals surface area contributed by atoms with E-state index in [9.17, 15) is 4.79 Å². The van der Waals surface area contributed by atoms with Crippen LogP contribution >= 0.6 is 11.6 Å². The van der Waals surface area contributed by atoms with Crippen LogP contribution in [-0.4, -0.2) is 93.0 Å². The minimum Gasteiger partial charge on any atom is -0.369 e. The van der Waals surface area contributed by atoms with E-state index in [0.29, 0.717) is 32.1 Å². The SMILES string of the molecule is CCNC(=NCc1c(Cl)cccc1N1CCN(C)CC1)N(C)CC(=O)N(CC)CC. The number of piperazine rings is 1. The predicted octanol–water partition coefficient (Wildman–Crippen LogP) is 2.36. The molecule has 0 bridgehead atoms. The number of anilines is 1. The number of nitrogens with one attached hydrogen (secondary N) is 1. The Bertz CT molecular complexity index is 714. The van der Waals surface area contributed by atoms with Crippen molar-refractivity contribution >= 4 is 29.2 Å². The molecule has 1 saturated heterocycles. The van der Waals surface area contributed by atoms with E-state index in [4.69, 9.17) is 16.6 Å². The van der Waals surface area contributed by atoms with Gasteiger partial charge in [0.25, 0.3) is 0 Å². The first kappa shape index (κ1) is 24.3. The van der Waals surface area contributed by atoms with Crippen molar-refractivity contribution in [1.82, 2.24) is 20.0 Å². The van der Waals surface area contributed by atoms with Gasteiger partial charge in [-0.1, -0.05) is 17.7 Å². The van der Waals surface area contributed by atoms with Gasteiger partial charge in [0.2, 0.25) is 5.91 Å². The highest BCUT2D eigenvalue weighted by atomic mass is 35.5. The van der Waals surface area contributed by atoms with E-state index in [1.165, 1.54) is 0 Å². The molecule has 1 fully saturated rings.